The van der Waals surface area contributed by atoms with Crippen LogP contribution in [-0.2, 0) is 6.54 Å². The fourth-order valence-electron chi connectivity index (χ4n) is 2.79. The van der Waals surface area contributed by atoms with Gasteiger partial charge in [0, 0.05) is 35.6 Å². The van der Waals surface area contributed by atoms with Gasteiger partial charge in [-0.05, 0) is 53.6 Å². The first kappa shape index (κ1) is 20.4. The lowest BCUT2D eigenvalue weighted by Crippen LogP contribution is -2.14. The first-order valence-electron chi connectivity index (χ1n) is 9.42. The monoisotopic (exact) mass is 433 g/mol. The van der Waals surface area contributed by atoms with Crippen molar-refractivity contribution in [3.05, 3.63) is 101 Å². The van der Waals surface area contributed by atoms with Crippen LogP contribution in [0, 0.1) is 5.82 Å². The molecule has 0 aliphatic heterocycles. The fourth-order valence-corrected chi connectivity index (χ4v) is 2.92. The Hall–Kier alpha value is -3.84. The van der Waals surface area contributed by atoms with Gasteiger partial charge in [0.25, 0.3) is 5.91 Å². The summed E-state index contributed by atoms with van der Waals surface area (Å²) in [4.78, 5) is 21.4. The highest BCUT2D eigenvalue weighted by Gasteiger charge is 2.16. The van der Waals surface area contributed by atoms with Crippen molar-refractivity contribution in [3.8, 4) is 11.4 Å². The van der Waals surface area contributed by atoms with E-state index in [2.05, 4.69) is 20.4 Å². The van der Waals surface area contributed by atoms with Gasteiger partial charge in [-0.1, -0.05) is 35.9 Å². The Kier molecular flexibility index (Phi) is 6.14. The van der Waals surface area contributed by atoms with Crippen LogP contribution in [0.1, 0.15) is 15.9 Å². The van der Waals surface area contributed by atoms with Gasteiger partial charge in [0.1, 0.15) is 5.82 Å². The predicted octanol–water partition coefficient (Wildman–Crippen LogP) is 5.10. The number of pyridine rings is 1. The summed E-state index contributed by atoms with van der Waals surface area (Å²) in [5, 5.41) is 8.07. The largest absolute Gasteiger partial charge is 0.350 e. The van der Waals surface area contributed by atoms with Crippen LogP contribution < -0.4 is 5.32 Å². The summed E-state index contributed by atoms with van der Waals surface area (Å²) in [7, 11) is 0. The molecule has 4 aromatic rings. The van der Waals surface area contributed by atoms with E-state index in [1.807, 2.05) is 18.2 Å². The molecule has 1 N–H and O–H groups in total. The molecular formula is C23H17ClFN5O. The SMILES string of the molecule is O=C(C=Cc1ccc(Cl)cc1)n1nc(-c2cccnc2)nc1NCc1ccc(F)cc1. The van der Waals surface area contributed by atoms with E-state index < -0.39 is 0 Å². The minimum absolute atomic E-state index is 0.272. The number of carbonyl (C=O) groups excluding carboxylic acids is 1. The van der Waals surface area contributed by atoms with Crippen molar-refractivity contribution < 1.29 is 9.18 Å². The maximum atomic E-state index is 13.1. The standard InChI is InChI=1S/C23H17ClFN5O/c24-19-8-3-16(4-9-19)7-12-21(31)30-23(27-14-17-5-10-20(25)11-6-17)28-22(29-30)18-2-1-13-26-15-18/h1-13,15H,14H2,(H,27,28,29). The molecular weight excluding hydrogens is 417 g/mol. The number of allylic oxidation sites excluding steroid dienone is 1. The average Bonchev–Trinajstić information content (AvgIpc) is 3.23. The summed E-state index contributed by atoms with van der Waals surface area (Å²) in [6.07, 6.45) is 6.35. The second-order valence-electron chi connectivity index (χ2n) is 6.62. The second kappa shape index (κ2) is 9.32. The quantitative estimate of drug-likeness (QED) is 0.428. The summed E-state index contributed by atoms with van der Waals surface area (Å²) in [6.45, 7) is 0.347. The van der Waals surface area contributed by atoms with Crippen LogP contribution in [-0.4, -0.2) is 25.7 Å². The number of benzene rings is 2. The summed E-state index contributed by atoms with van der Waals surface area (Å²) in [5.74, 6) is -0.0515. The third kappa shape index (κ3) is 5.21. The van der Waals surface area contributed by atoms with Gasteiger partial charge in [-0.3, -0.25) is 9.78 Å². The van der Waals surface area contributed by atoms with E-state index in [1.165, 1.54) is 22.9 Å². The first-order valence-corrected chi connectivity index (χ1v) is 9.80. The molecule has 4 rings (SSSR count). The molecule has 2 aromatic carbocycles. The number of hydrogen-bond acceptors (Lipinski definition) is 5. The van der Waals surface area contributed by atoms with Gasteiger partial charge < -0.3 is 5.32 Å². The molecule has 0 radical (unpaired) electrons. The minimum atomic E-state index is -0.376. The smallest absolute Gasteiger partial charge is 0.274 e. The van der Waals surface area contributed by atoms with Crippen LogP contribution in [0.4, 0.5) is 10.3 Å². The molecule has 0 saturated heterocycles. The van der Waals surface area contributed by atoms with E-state index in [0.29, 0.717) is 23.0 Å². The summed E-state index contributed by atoms with van der Waals surface area (Å²) in [6, 6.07) is 16.8. The Labute approximate surface area is 183 Å². The van der Waals surface area contributed by atoms with Crippen molar-refractivity contribution in [2.75, 3.05) is 5.32 Å². The predicted molar refractivity (Wildman–Crippen MR) is 118 cm³/mol. The molecule has 8 heteroatoms. The number of carbonyl (C=O) groups is 1. The van der Waals surface area contributed by atoms with Crippen LogP contribution in [0.15, 0.2) is 79.1 Å². The summed E-state index contributed by atoms with van der Waals surface area (Å²) >= 11 is 5.90. The number of anilines is 1. The highest BCUT2D eigenvalue weighted by molar-refractivity contribution is 6.30. The van der Waals surface area contributed by atoms with Crippen LogP contribution >= 0.6 is 11.6 Å². The highest BCUT2D eigenvalue weighted by Crippen LogP contribution is 2.18. The third-order valence-electron chi connectivity index (χ3n) is 4.39. The van der Waals surface area contributed by atoms with Crippen molar-refractivity contribution in [1.29, 1.82) is 0 Å². The van der Waals surface area contributed by atoms with Crippen molar-refractivity contribution in [2.45, 2.75) is 6.54 Å². The fraction of sp³-hybridized carbons (Fsp3) is 0.0435. The van der Waals surface area contributed by atoms with Crippen molar-refractivity contribution in [2.24, 2.45) is 0 Å². The van der Waals surface area contributed by atoms with Gasteiger partial charge in [-0.25, -0.2) is 4.39 Å². The Morgan fingerprint density at radius 3 is 2.58 bits per heavy atom. The lowest BCUT2D eigenvalue weighted by molar-refractivity contribution is 0.0957. The van der Waals surface area contributed by atoms with Crippen molar-refractivity contribution >= 4 is 29.5 Å². The molecule has 0 saturated carbocycles. The lowest BCUT2D eigenvalue weighted by atomic mass is 10.2. The zero-order valence-electron chi connectivity index (χ0n) is 16.2. The Balaban J connectivity index is 1.60. The van der Waals surface area contributed by atoms with Crippen LogP contribution in [0.5, 0.6) is 0 Å². The number of nitrogens with one attached hydrogen (secondary N) is 1. The molecule has 0 aliphatic rings. The molecule has 0 unspecified atom stereocenters. The normalized spacial score (nSPS) is 11.0. The number of hydrogen-bond donors (Lipinski definition) is 1. The van der Waals surface area contributed by atoms with E-state index >= 15 is 0 Å². The molecule has 0 amide bonds. The van der Waals surface area contributed by atoms with Gasteiger partial charge in [-0.2, -0.15) is 9.67 Å². The Bertz CT molecular complexity index is 1210. The molecule has 2 aromatic heterocycles. The summed E-state index contributed by atoms with van der Waals surface area (Å²) < 4.78 is 14.3. The van der Waals surface area contributed by atoms with Crippen LogP contribution in [0.3, 0.4) is 0 Å². The van der Waals surface area contributed by atoms with Gasteiger partial charge in [0.05, 0.1) is 0 Å². The minimum Gasteiger partial charge on any atom is -0.350 e. The zero-order valence-corrected chi connectivity index (χ0v) is 17.0. The maximum absolute atomic E-state index is 13.1. The molecule has 2 heterocycles. The number of aromatic nitrogens is 4. The molecule has 31 heavy (non-hydrogen) atoms. The Morgan fingerprint density at radius 1 is 1.10 bits per heavy atom. The van der Waals surface area contributed by atoms with E-state index in [1.54, 1.807) is 48.8 Å². The van der Waals surface area contributed by atoms with Gasteiger partial charge in [-0.15, -0.1) is 5.10 Å². The summed E-state index contributed by atoms with van der Waals surface area (Å²) in [5.41, 5.74) is 2.34. The van der Waals surface area contributed by atoms with E-state index in [0.717, 1.165) is 11.1 Å². The number of halogens is 2. The molecule has 0 bridgehead atoms. The second-order valence-corrected chi connectivity index (χ2v) is 7.05. The Morgan fingerprint density at radius 2 is 1.87 bits per heavy atom. The third-order valence-corrected chi connectivity index (χ3v) is 4.64. The zero-order chi connectivity index (χ0) is 21.6. The molecule has 0 atom stereocenters. The van der Waals surface area contributed by atoms with Crippen molar-refractivity contribution in [1.82, 2.24) is 19.7 Å². The molecule has 0 spiro atoms. The molecule has 0 aliphatic carbocycles. The highest BCUT2D eigenvalue weighted by atomic mass is 35.5. The van der Waals surface area contributed by atoms with E-state index in [-0.39, 0.29) is 17.7 Å². The average molecular weight is 434 g/mol. The number of nitrogens with zero attached hydrogens (tertiary/aromatic N) is 4. The topological polar surface area (TPSA) is 72.7 Å². The van der Waals surface area contributed by atoms with Gasteiger partial charge >= 0.3 is 0 Å². The van der Waals surface area contributed by atoms with Crippen molar-refractivity contribution in [3.63, 3.8) is 0 Å². The lowest BCUT2D eigenvalue weighted by Gasteiger charge is -2.06. The van der Waals surface area contributed by atoms with Gasteiger partial charge in [0.2, 0.25) is 5.95 Å². The maximum Gasteiger partial charge on any atom is 0.274 e. The van der Waals surface area contributed by atoms with Crippen LogP contribution in [0.2, 0.25) is 5.02 Å². The van der Waals surface area contributed by atoms with Gasteiger partial charge in [0.15, 0.2) is 5.82 Å². The number of rotatable bonds is 6. The van der Waals surface area contributed by atoms with E-state index in [4.69, 9.17) is 11.6 Å². The molecule has 154 valence electrons. The molecule has 0 fully saturated rings. The molecule has 6 nitrogen and oxygen atoms in total. The first-order chi connectivity index (χ1) is 15.1. The van der Waals surface area contributed by atoms with Crippen LogP contribution in [0.25, 0.3) is 17.5 Å². The van der Waals surface area contributed by atoms with E-state index in [9.17, 15) is 9.18 Å².